The highest BCUT2D eigenvalue weighted by Gasteiger charge is 2.48. The highest BCUT2D eigenvalue weighted by atomic mass is 32.2. The van der Waals surface area contributed by atoms with Crippen LogP contribution >= 0.6 is 11.3 Å². The normalized spacial score (nSPS) is 23.5. The largest absolute Gasteiger partial charge is 0.443 e. The van der Waals surface area contributed by atoms with Crippen molar-refractivity contribution in [3.05, 3.63) is 53.6 Å². The third kappa shape index (κ3) is 9.52. The average molecular weight is 752 g/mol. The van der Waals surface area contributed by atoms with Crippen LogP contribution in [0.5, 0.6) is 0 Å². The van der Waals surface area contributed by atoms with E-state index in [1.54, 1.807) is 12.1 Å². The summed E-state index contributed by atoms with van der Waals surface area (Å²) in [7, 11) is -4.15. The Labute approximate surface area is 301 Å². The molecule has 1 saturated carbocycles. The molecule has 2 saturated heterocycles. The molecule has 6 rings (SSSR count). The number of benzene rings is 2. The van der Waals surface area contributed by atoms with Gasteiger partial charge in [0.2, 0.25) is 10.0 Å². The molecule has 3 aromatic rings. The third-order valence-electron chi connectivity index (χ3n) is 9.16. The lowest BCUT2D eigenvalue weighted by Crippen LogP contribution is -2.54. The minimum atomic E-state index is -4.15. The summed E-state index contributed by atoms with van der Waals surface area (Å²) < 4.78 is 76.0. The Bertz CT molecular complexity index is 1770. The second-order valence-corrected chi connectivity index (χ2v) is 17.4. The van der Waals surface area contributed by atoms with Crippen LogP contribution in [-0.2, 0) is 30.7 Å². The molecule has 0 spiro atoms. The van der Waals surface area contributed by atoms with E-state index >= 15 is 0 Å². The number of amides is 1. The van der Waals surface area contributed by atoms with Crippen LogP contribution in [0, 0.1) is 23.5 Å². The second-order valence-electron chi connectivity index (χ2n) is 14.4. The van der Waals surface area contributed by atoms with Crippen molar-refractivity contribution in [3.63, 3.8) is 0 Å². The first-order chi connectivity index (χ1) is 24.2. The Morgan fingerprint density at radius 2 is 1.82 bits per heavy atom. The zero-order chi connectivity index (χ0) is 36.4. The van der Waals surface area contributed by atoms with E-state index in [-0.39, 0.29) is 54.0 Å². The maximum Gasteiger partial charge on any atom is 0.407 e. The summed E-state index contributed by atoms with van der Waals surface area (Å²) in [4.78, 5) is 18.1. The van der Waals surface area contributed by atoms with Gasteiger partial charge < -0.3 is 35.3 Å². The van der Waals surface area contributed by atoms with Gasteiger partial charge in [-0.05, 0) is 67.5 Å². The van der Waals surface area contributed by atoms with Gasteiger partial charge in [0.25, 0.3) is 0 Å². The van der Waals surface area contributed by atoms with Crippen LogP contribution in [-0.4, -0.2) is 97.9 Å². The second kappa shape index (κ2) is 15.9. The number of carbonyl (C=O) groups excluding carboxylic acids is 1. The summed E-state index contributed by atoms with van der Waals surface area (Å²) in [6.07, 6.45) is -0.970. The summed E-state index contributed by atoms with van der Waals surface area (Å²) in [5.41, 5.74) is 0.834. The first-order valence-corrected chi connectivity index (χ1v) is 19.8. The number of sulfonamides is 1. The van der Waals surface area contributed by atoms with Crippen molar-refractivity contribution in [1.82, 2.24) is 19.9 Å². The van der Waals surface area contributed by atoms with Crippen LogP contribution in [0.3, 0.4) is 0 Å². The van der Waals surface area contributed by atoms with Crippen LogP contribution in [0.15, 0.2) is 41.3 Å². The van der Waals surface area contributed by atoms with Gasteiger partial charge in [0.1, 0.15) is 17.7 Å². The number of nitrogens with zero attached hydrogens (tertiary/aromatic N) is 2. The quantitative estimate of drug-likeness (QED) is 0.173. The van der Waals surface area contributed by atoms with E-state index in [2.05, 4.69) is 20.9 Å². The maximum atomic E-state index is 14.2. The predicted octanol–water partition coefficient (Wildman–Crippen LogP) is 4.62. The molecule has 2 aromatic carbocycles. The van der Waals surface area contributed by atoms with Crippen molar-refractivity contribution < 1.29 is 41.3 Å². The van der Waals surface area contributed by atoms with Crippen LogP contribution in [0.2, 0.25) is 0 Å². The Morgan fingerprint density at radius 3 is 2.51 bits per heavy atom. The van der Waals surface area contributed by atoms with E-state index in [9.17, 15) is 27.1 Å². The Hall–Kier alpha value is -2.99. The van der Waals surface area contributed by atoms with Gasteiger partial charge in [-0.2, -0.15) is 4.31 Å². The van der Waals surface area contributed by atoms with Crippen molar-refractivity contribution >= 4 is 42.8 Å². The number of hydrogen-bond acceptors (Lipinski definition) is 11. The predicted molar refractivity (Wildman–Crippen MR) is 189 cm³/mol. The minimum Gasteiger partial charge on any atom is -0.443 e. The molecule has 1 aliphatic carbocycles. The van der Waals surface area contributed by atoms with E-state index in [1.165, 1.54) is 21.7 Å². The van der Waals surface area contributed by atoms with Gasteiger partial charge in [0, 0.05) is 37.3 Å². The molecule has 16 heteroatoms. The number of ether oxygens (including phenoxy) is 3. The zero-order valence-corrected chi connectivity index (χ0v) is 30.8. The monoisotopic (exact) mass is 751 g/mol. The molecule has 3 heterocycles. The Balaban J connectivity index is 1.22. The fraction of sp³-hybridized carbons (Fsp3) is 0.600. The molecule has 4 N–H and O–H groups in total. The molecule has 0 bridgehead atoms. The smallest absolute Gasteiger partial charge is 0.407 e. The van der Waals surface area contributed by atoms with E-state index in [0.717, 1.165) is 36.2 Å². The molecule has 0 unspecified atom stereocenters. The highest BCUT2D eigenvalue weighted by Crippen LogP contribution is 2.34. The summed E-state index contributed by atoms with van der Waals surface area (Å²) in [5, 5.41) is 21.9. The molecule has 12 nitrogen and oxygen atoms in total. The zero-order valence-electron chi connectivity index (χ0n) is 29.2. The number of alkyl carbamates (subject to hydrolysis) is 1. The number of halogens is 2. The SMILES string of the molecule is CC(C)CN(C[C@@H](O)[C@H](Cc1cc(F)cc(F)c1)NC(=O)O[C@H]1CO[C@H]2OCC[C@H](NC(C)C)[C@H]21)S(=O)(=O)c1ccc2nc(NC3CC3)sc2c1. The molecule has 1 aromatic heterocycles. The van der Waals surface area contributed by atoms with E-state index in [1.807, 2.05) is 27.7 Å². The summed E-state index contributed by atoms with van der Waals surface area (Å²) >= 11 is 1.38. The van der Waals surface area contributed by atoms with Gasteiger partial charge >= 0.3 is 6.09 Å². The fourth-order valence-electron chi connectivity index (χ4n) is 6.72. The number of aliphatic hydroxyl groups is 1. The summed E-state index contributed by atoms with van der Waals surface area (Å²) in [6, 6.07) is 7.02. The maximum absolute atomic E-state index is 14.2. The molecule has 1 amide bonds. The highest BCUT2D eigenvalue weighted by molar-refractivity contribution is 7.89. The topological polar surface area (TPSA) is 151 Å². The van der Waals surface area contributed by atoms with Crippen molar-refractivity contribution in [3.8, 4) is 0 Å². The van der Waals surface area contributed by atoms with Crippen molar-refractivity contribution in [2.24, 2.45) is 11.8 Å². The number of hydrogen-bond donors (Lipinski definition) is 4. The molecule has 51 heavy (non-hydrogen) atoms. The molecular weight excluding hydrogens is 705 g/mol. The number of anilines is 1. The standard InChI is InChI=1S/C35H47F2N5O7S2/c1-19(2)16-42(51(45,46)25-7-8-26-31(15-25)50-34(40-26)39-24-5-6-24)17-29(43)28(13-21-11-22(36)14-23(37)12-21)41-35(44)49-30-18-48-33-32(30)27(9-10-47-33)38-20(3)4/h7-8,11-12,14-15,19-20,24,27-30,32-33,38,43H,5-6,9-10,13,16-18H2,1-4H3,(H,39,40)(H,41,44)/t27-,28-,29+,30-,32-,33+/m0/s1. The van der Waals surface area contributed by atoms with Gasteiger partial charge in [0.05, 0.1) is 46.4 Å². The molecule has 2 aliphatic heterocycles. The molecule has 3 fully saturated rings. The number of carbonyl (C=O) groups is 1. The van der Waals surface area contributed by atoms with Crippen molar-refractivity contribution in [1.29, 1.82) is 0 Å². The molecule has 0 radical (unpaired) electrons. The van der Waals surface area contributed by atoms with Crippen molar-refractivity contribution in [2.45, 2.75) is 101 Å². The molecule has 6 atom stereocenters. The number of nitrogens with one attached hydrogen (secondary N) is 3. The fourth-order valence-corrected chi connectivity index (χ4v) is 9.42. The summed E-state index contributed by atoms with van der Waals surface area (Å²) in [6.45, 7) is 8.00. The lowest BCUT2D eigenvalue weighted by Gasteiger charge is -2.36. The van der Waals surface area contributed by atoms with Gasteiger partial charge in [-0.25, -0.2) is 27.0 Å². The molecule has 3 aliphatic rings. The summed E-state index contributed by atoms with van der Waals surface area (Å²) in [5.74, 6) is -2.05. The number of thiazole rings is 1. The number of aromatic nitrogens is 1. The van der Waals surface area contributed by atoms with Gasteiger partial charge in [-0.15, -0.1) is 0 Å². The average Bonchev–Trinajstić information content (AvgIpc) is 3.61. The minimum absolute atomic E-state index is 0.0271. The van der Waals surface area contributed by atoms with Gasteiger partial charge in [-0.3, -0.25) is 0 Å². The first kappa shape index (κ1) is 37.8. The van der Waals surface area contributed by atoms with E-state index < -0.39 is 58.8 Å². The Kier molecular flexibility index (Phi) is 11.8. The number of rotatable bonds is 15. The van der Waals surface area contributed by atoms with Gasteiger partial charge in [-0.1, -0.05) is 39.0 Å². The van der Waals surface area contributed by atoms with Crippen LogP contribution in [0.4, 0.5) is 18.7 Å². The van der Waals surface area contributed by atoms with E-state index in [4.69, 9.17) is 14.2 Å². The van der Waals surface area contributed by atoms with Crippen LogP contribution < -0.4 is 16.0 Å². The molecular formula is C35H47F2N5O7S2. The number of fused-ring (bicyclic) bond motifs is 2. The van der Waals surface area contributed by atoms with E-state index in [0.29, 0.717) is 29.3 Å². The van der Waals surface area contributed by atoms with Crippen LogP contribution in [0.1, 0.15) is 52.5 Å². The Morgan fingerprint density at radius 1 is 1.08 bits per heavy atom. The third-order valence-corrected chi connectivity index (χ3v) is 11.9. The van der Waals surface area contributed by atoms with Crippen molar-refractivity contribution in [2.75, 3.05) is 31.6 Å². The van der Waals surface area contributed by atoms with Gasteiger partial charge in [0.15, 0.2) is 11.4 Å². The van der Waals surface area contributed by atoms with Crippen LogP contribution in [0.25, 0.3) is 10.2 Å². The molecule has 280 valence electrons. The number of aliphatic hydroxyl groups excluding tert-OH is 1. The lowest BCUT2D eigenvalue weighted by molar-refractivity contribution is -0.161. The lowest BCUT2D eigenvalue weighted by atomic mass is 9.90. The first-order valence-electron chi connectivity index (χ1n) is 17.5.